The lowest BCUT2D eigenvalue weighted by Gasteiger charge is -2.43. The Bertz CT molecular complexity index is 1310. The van der Waals surface area contributed by atoms with Crippen LogP contribution in [-0.2, 0) is 9.59 Å². The van der Waals surface area contributed by atoms with Crippen molar-refractivity contribution < 1.29 is 14.4 Å². The summed E-state index contributed by atoms with van der Waals surface area (Å²) in [5.41, 5.74) is 0.900. The van der Waals surface area contributed by atoms with Crippen molar-refractivity contribution in [3.8, 4) is 0 Å². The molecule has 8 nitrogen and oxygen atoms in total. The number of para-hydroxylation sites is 1. The number of piperidine rings is 1. The number of carbonyl (C=O) groups is 3. The Morgan fingerprint density at radius 1 is 0.946 bits per heavy atom. The zero-order valence-electron chi connectivity index (χ0n) is 20.7. The third-order valence-electron chi connectivity index (χ3n) is 7.27. The molecule has 8 heteroatoms. The number of nitrogens with zero attached hydrogens (tertiary/aromatic N) is 3. The van der Waals surface area contributed by atoms with Gasteiger partial charge in [-0.3, -0.25) is 9.59 Å². The van der Waals surface area contributed by atoms with Crippen LogP contribution in [0.1, 0.15) is 12.8 Å². The van der Waals surface area contributed by atoms with Gasteiger partial charge in [-0.15, -0.1) is 6.58 Å². The zero-order chi connectivity index (χ0) is 25.8. The highest BCUT2D eigenvalue weighted by atomic mass is 16.2. The second-order valence-corrected chi connectivity index (χ2v) is 9.48. The summed E-state index contributed by atoms with van der Waals surface area (Å²) in [6.45, 7) is 5.16. The summed E-state index contributed by atoms with van der Waals surface area (Å²) in [4.78, 5) is 44.8. The molecule has 0 aromatic heterocycles. The second kappa shape index (κ2) is 10.3. The first-order valence-corrected chi connectivity index (χ1v) is 12.6. The van der Waals surface area contributed by atoms with Gasteiger partial charge in [-0.2, -0.15) is 0 Å². The molecule has 3 aromatic carbocycles. The summed E-state index contributed by atoms with van der Waals surface area (Å²) in [5.74, 6) is -0.288. The standard InChI is InChI=1S/C29H31N5O3/c1-2-17-30-26(35)20-33-21-34(23-11-4-3-5-12-23)29(27(33)36)15-18-32(19-16-29)28(37)31-25-14-8-10-22-9-6-7-13-24(22)25/h2-14H,1,15-21H2,(H,30,35)(H,31,37). The van der Waals surface area contributed by atoms with Crippen LogP contribution in [0.25, 0.3) is 10.8 Å². The topological polar surface area (TPSA) is 85.0 Å². The Kier molecular flexibility index (Phi) is 6.81. The van der Waals surface area contributed by atoms with Crippen LogP contribution in [-0.4, -0.2) is 66.0 Å². The van der Waals surface area contributed by atoms with Gasteiger partial charge in [0, 0.05) is 30.7 Å². The Hall–Kier alpha value is -4.33. The molecule has 0 bridgehead atoms. The molecule has 0 aliphatic carbocycles. The van der Waals surface area contributed by atoms with Gasteiger partial charge in [0.1, 0.15) is 12.1 Å². The van der Waals surface area contributed by atoms with E-state index >= 15 is 0 Å². The smallest absolute Gasteiger partial charge is 0.321 e. The Morgan fingerprint density at radius 2 is 1.65 bits per heavy atom. The number of carbonyl (C=O) groups excluding carboxylic acids is 3. The van der Waals surface area contributed by atoms with Gasteiger partial charge in [-0.1, -0.05) is 60.7 Å². The minimum Gasteiger partial charge on any atom is -0.351 e. The lowest BCUT2D eigenvalue weighted by atomic mass is 9.85. The molecule has 37 heavy (non-hydrogen) atoms. The van der Waals surface area contributed by atoms with E-state index in [0.717, 1.165) is 22.1 Å². The van der Waals surface area contributed by atoms with E-state index in [2.05, 4.69) is 22.1 Å². The highest BCUT2D eigenvalue weighted by Crippen LogP contribution is 2.39. The Morgan fingerprint density at radius 3 is 2.41 bits per heavy atom. The van der Waals surface area contributed by atoms with Gasteiger partial charge < -0.3 is 25.3 Å². The van der Waals surface area contributed by atoms with Gasteiger partial charge in [0.25, 0.3) is 5.91 Å². The van der Waals surface area contributed by atoms with E-state index in [9.17, 15) is 14.4 Å². The van der Waals surface area contributed by atoms with E-state index in [1.54, 1.807) is 15.9 Å². The van der Waals surface area contributed by atoms with Crippen LogP contribution in [0.4, 0.5) is 16.2 Å². The first-order valence-electron chi connectivity index (χ1n) is 12.6. The largest absolute Gasteiger partial charge is 0.351 e. The molecule has 190 valence electrons. The van der Waals surface area contributed by atoms with Crippen LogP contribution >= 0.6 is 0 Å². The predicted molar refractivity (Wildman–Crippen MR) is 145 cm³/mol. The molecule has 2 heterocycles. The summed E-state index contributed by atoms with van der Waals surface area (Å²) in [7, 11) is 0. The van der Waals surface area contributed by atoms with Gasteiger partial charge in [-0.25, -0.2) is 4.79 Å². The monoisotopic (exact) mass is 497 g/mol. The quantitative estimate of drug-likeness (QED) is 0.507. The van der Waals surface area contributed by atoms with E-state index in [1.807, 2.05) is 72.8 Å². The van der Waals surface area contributed by atoms with Crippen molar-refractivity contribution in [2.75, 3.05) is 43.1 Å². The molecule has 5 rings (SSSR count). The molecule has 1 spiro atoms. The number of fused-ring (bicyclic) bond motifs is 1. The van der Waals surface area contributed by atoms with Crippen molar-refractivity contribution in [1.29, 1.82) is 0 Å². The van der Waals surface area contributed by atoms with Crippen molar-refractivity contribution in [3.63, 3.8) is 0 Å². The molecule has 2 N–H and O–H groups in total. The van der Waals surface area contributed by atoms with Gasteiger partial charge in [0.15, 0.2) is 0 Å². The maximum Gasteiger partial charge on any atom is 0.321 e. The Balaban J connectivity index is 1.32. The normalized spacial score (nSPS) is 16.8. The molecular weight excluding hydrogens is 466 g/mol. The molecule has 0 radical (unpaired) electrons. The average molecular weight is 498 g/mol. The van der Waals surface area contributed by atoms with Crippen LogP contribution in [0.5, 0.6) is 0 Å². The van der Waals surface area contributed by atoms with E-state index in [-0.39, 0.29) is 24.4 Å². The lowest BCUT2D eigenvalue weighted by molar-refractivity contribution is -0.137. The number of benzene rings is 3. The van der Waals surface area contributed by atoms with Crippen LogP contribution in [0.2, 0.25) is 0 Å². The number of hydrogen-bond donors (Lipinski definition) is 2. The van der Waals surface area contributed by atoms with Crippen LogP contribution in [0.3, 0.4) is 0 Å². The molecule has 0 atom stereocenters. The SMILES string of the molecule is C=CCNC(=O)CN1CN(c2ccccc2)C2(CCN(C(=O)Nc3cccc4ccccc34)CC2)C1=O. The fourth-order valence-corrected chi connectivity index (χ4v) is 5.35. The molecule has 2 fully saturated rings. The lowest BCUT2D eigenvalue weighted by Crippen LogP contribution is -2.58. The van der Waals surface area contributed by atoms with Crippen molar-refractivity contribution in [3.05, 3.63) is 85.5 Å². The fraction of sp³-hybridized carbons (Fsp3) is 0.276. The van der Waals surface area contributed by atoms with Gasteiger partial charge in [-0.05, 0) is 36.4 Å². The molecular formula is C29H31N5O3. The maximum atomic E-state index is 13.8. The summed E-state index contributed by atoms with van der Waals surface area (Å²) < 4.78 is 0. The third kappa shape index (κ3) is 4.74. The Labute approximate surface area is 216 Å². The summed E-state index contributed by atoms with van der Waals surface area (Å²) in [6, 6.07) is 23.4. The number of anilines is 2. The fourth-order valence-electron chi connectivity index (χ4n) is 5.35. The molecule has 0 unspecified atom stereocenters. The third-order valence-corrected chi connectivity index (χ3v) is 7.27. The predicted octanol–water partition coefficient (Wildman–Crippen LogP) is 3.81. The summed E-state index contributed by atoms with van der Waals surface area (Å²) >= 11 is 0. The van der Waals surface area contributed by atoms with Crippen molar-refractivity contribution >= 4 is 40.0 Å². The first kappa shape index (κ1) is 24.4. The van der Waals surface area contributed by atoms with Gasteiger partial charge in [0.2, 0.25) is 5.91 Å². The minimum absolute atomic E-state index is 0.0109. The van der Waals surface area contributed by atoms with Crippen LogP contribution < -0.4 is 15.5 Å². The van der Waals surface area contributed by atoms with Gasteiger partial charge in [0.05, 0.1) is 12.4 Å². The van der Waals surface area contributed by atoms with Gasteiger partial charge >= 0.3 is 6.03 Å². The van der Waals surface area contributed by atoms with E-state index in [4.69, 9.17) is 0 Å². The van der Waals surface area contributed by atoms with Crippen LogP contribution in [0.15, 0.2) is 85.5 Å². The highest BCUT2D eigenvalue weighted by molar-refractivity contribution is 6.02. The van der Waals surface area contributed by atoms with E-state index < -0.39 is 5.54 Å². The maximum absolute atomic E-state index is 13.8. The highest BCUT2D eigenvalue weighted by Gasteiger charge is 2.54. The van der Waals surface area contributed by atoms with E-state index in [0.29, 0.717) is 39.1 Å². The van der Waals surface area contributed by atoms with E-state index in [1.165, 1.54) is 0 Å². The van der Waals surface area contributed by atoms with Crippen LogP contribution in [0, 0.1) is 0 Å². The first-order chi connectivity index (χ1) is 18.0. The number of hydrogen-bond acceptors (Lipinski definition) is 4. The number of urea groups is 1. The molecule has 2 aliphatic rings. The molecule has 2 saturated heterocycles. The molecule has 0 saturated carbocycles. The summed E-state index contributed by atoms with van der Waals surface area (Å²) in [6.07, 6.45) is 2.57. The minimum atomic E-state index is -0.795. The van der Waals surface area contributed by atoms with Crippen molar-refractivity contribution in [2.24, 2.45) is 0 Å². The van der Waals surface area contributed by atoms with Crippen molar-refractivity contribution in [1.82, 2.24) is 15.1 Å². The number of rotatable bonds is 6. The molecule has 3 aromatic rings. The number of likely N-dealkylation sites (tertiary alicyclic amines) is 1. The number of amides is 4. The average Bonchev–Trinajstić information content (AvgIpc) is 3.19. The molecule has 2 aliphatic heterocycles. The second-order valence-electron chi connectivity index (χ2n) is 9.48. The number of nitrogens with one attached hydrogen (secondary N) is 2. The zero-order valence-corrected chi connectivity index (χ0v) is 20.7. The molecule has 4 amide bonds. The van der Waals surface area contributed by atoms with Crippen molar-refractivity contribution in [2.45, 2.75) is 18.4 Å². The summed E-state index contributed by atoms with van der Waals surface area (Å²) in [5, 5.41) is 7.86.